The van der Waals surface area contributed by atoms with Crippen molar-refractivity contribution < 1.29 is 0 Å². The van der Waals surface area contributed by atoms with Gasteiger partial charge in [0.1, 0.15) is 0 Å². The summed E-state index contributed by atoms with van der Waals surface area (Å²) >= 11 is 0. The molecule has 0 spiro atoms. The second-order valence-corrected chi connectivity index (χ2v) is 7.75. The second kappa shape index (κ2) is 5.37. The van der Waals surface area contributed by atoms with Crippen LogP contribution in [0, 0.1) is 17.8 Å². The second-order valence-electron chi connectivity index (χ2n) is 7.75. The zero-order valence-electron chi connectivity index (χ0n) is 13.1. The molecule has 19 heavy (non-hydrogen) atoms. The van der Waals surface area contributed by atoms with Gasteiger partial charge in [-0.25, -0.2) is 0 Å². The van der Waals surface area contributed by atoms with E-state index in [0.717, 1.165) is 23.8 Å². The minimum Gasteiger partial charge on any atom is -0.308 e. The zero-order chi connectivity index (χ0) is 13.5. The Morgan fingerprint density at radius 2 is 2.00 bits per heavy atom. The van der Waals surface area contributed by atoms with Gasteiger partial charge in [-0.1, -0.05) is 26.7 Å². The summed E-state index contributed by atoms with van der Waals surface area (Å²) in [5.74, 6) is 2.79. The van der Waals surface area contributed by atoms with Crippen LogP contribution in [0.3, 0.4) is 0 Å². The van der Waals surface area contributed by atoms with E-state index in [1.165, 1.54) is 58.2 Å². The van der Waals surface area contributed by atoms with Gasteiger partial charge >= 0.3 is 0 Å². The van der Waals surface area contributed by atoms with Gasteiger partial charge in [-0.15, -0.1) is 0 Å². The van der Waals surface area contributed by atoms with E-state index in [0.29, 0.717) is 5.54 Å². The van der Waals surface area contributed by atoms with Crippen LogP contribution in [0.15, 0.2) is 0 Å². The van der Waals surface area contributed by atoms with Gasteiger partial charge in [-0.2, -0.15) is 0 Å². The summed E-state index contributed by atoms with van der Waals surface area (Å²) in [6, 6.07) is 0.775. The van der Waals surface area contributed by atoms with E-state index < -0.39 is 0 Å². The molecule has 3 atom stereocenters. The molecule has 110 valence electrons. The average Bonchev–Trinajstić information content (AvgIpc) is 3.17. The number of nitrogens with one attached hydrogen (secondary N) is 1. The van der Waals surface area contributed by atoms with Gasteiger partial charge in [0, 0.05) is 31.2 Å². The lowest BCUT2D eigenvalue weighted by Crippen LogP contribution is -2.66. The van der Waals surface area contributed by atoms with Crippen LogP contribution in [0.5, 0.6) is 0 Å². The fourth-order valence-corrected chi connectivity index (χ4v) is 4.10. The van der Waals surface area contributed by atoms with Crippen molar-refractivity contribution in [1.82, 2.24) is 10.2 Å². The molecule has 0 amide bonds. The van der Waals surface area contributed by atoms with Gasteiger partial charge in [0.15, 0.2) is 0 Å². The van der Waals surface area contributed by atoms with Crippen molar-refractivity contribution >= 4 is 0 Å². The maximum absolute atomic E-state index is 3.92. The van der Waals surface area contributed by atoms with Crippen LogP contribution in [0.25, 0.3) is 0 Å². The molecule has 0 radical (unpaired) electrons. The first kappa shape index (κ1) is 13.9. The number of nitrogens with zero attached hydrogens (tertiary/aromatic N) is 1. The third kappa shape index (κ3) is 2.85. The minimum absolute atomic E-state index is 0.410. The molecule has 1 heterocycles. The molecule has 3 fully saturated rings. The van der Waals surface area contributed by atoms with Crippen molar-refractivity contribution in [2.75, 3.05) is 19.6 Å². The monoisotopic (exact) mass is 264 g/mol. The maximum atomic E-state index is 3.92. The van der Waals surface area contributed by atoms with Crippen molar-refractivity contribution in [3.8, 4) is 0 Å². The Morgan fingerprint density at radius 3 is 2.53 bits per heavy atom. The highest BCUT2D eigenvalue weighted by atomic mass is 15.3. The zero-order valence-corrected chi connectivity index (χ0v) is 13.1. The molecule has 2 aliphatic carbocycles. The van der Waals surface area contributed by atoms with Crippen LogP contribution in [0.1, 0.15) is 59.3 Å². The molecule has 1 aliphatic heterocycles. The summed E-state index contributed by atoms with van der Waals surface area (Å²) in [6.07, 6.45) is 8.66. The topological polar surface area (TPSA) is 15.3 Å². The number of piperazine rings is 1. The van der Waals surface area contributed by atoms with Crippen LogP contribution < -0.4 is 5.32 Å². The Kier molecular flexibility index (Phi) is 3.92. The molecule has 3 rings (SSSR count). The first-order valence-electron chi connectivity index (χ1n) is 8.61. The first-order chi connectivity index (χ1) is 9.12. The molecule has 2 heteroatoms. The molecule has 0 bridgehead atoms. The highest BCUT2D eigenvalue weighted by Crippen LogP contribution is 2.42. The van der Waals surface area contributed by atoms with E-state index in [-0.39, 0.29) is 0 Å². The quantitative estimate of drug-likeness (QED) is 0.820. The van der Waals surface area contributed by atoms with Crippen molar-refractivity contribution in [2.24, 2.45) is 17.8 Å². The first-order valence-corrected chi connectivity index (χ1v) is 8.61. The largest absolute Gasteiger partial charge is 0.308 e. The van der Waals surface area contributed by atoms with Gasteiger partial charge in [0.05, 0.1) is 0 Å². The summed E-state index contributed by atoms with van der Waals surface area (Å²) in [6.45, 7) is 11.2. The van der Waals surface area contributed by atoms with Crippen molar-refractivity contribution in [3.63, 3.8) is 0 Å². The van der Waals surface area contributed by atoms with E-state index in [4.69, 9.17) is 0 Å². The molecule has 0 aromatic carbocycles. The lowest BCUT2D eigenvalue weighted by molar-refractivity contribution is 0.0250. The molecule has 0 aromatic heterocycles. The lowest BCUT2D eigenvalue weighted by atomic mass is 9.81. The standard InChI is InChI=1S/C17H32N2/c1-4-13(2)16-10-18-17(3,15-8-9-15)12-19(16)11-14-6-5-7-14/h13-16,18H,4-12H2,1-3H3. The molecular weight excluding hydrogens is 232 g/mol. The van der Waals surface area contributed by atoms with Crippen LogP contribution in [0.4, 0.5) is 0 Å². The Morgan fingerprint density at radius 1 is 1.26 bits per heavy atom. The molecule has 1 saturated heterocycles. The summed E-state index contributed by atoms with van der Waals surface area (Å²) in [5, 5.41) is 3.92. The predicted octanol–water partition coefficient (Wildman–Crippen LogP) is 3.28. The van der Waals surface area contributed by atoms with Crippen LogP contribution in [-0.4, -0.2) is 36.1 Å². The summed E-state index contributed by atoms with van der Waals surface area (Å²) in [5.41, 5.74) is 0.410. The van der Waals surface area contributed by atoms with Gasteiger partial charge in [-0.05, 0) is 50.4 Å². The fraction of sp³-hybridized carbons (Fsp3) is 1.00. The Bertz CT molecular complexity index is 308. The van der Waals surface area contributed by atoms with Gasteiger partial charge in [0.25, 0.3) is 0 Å². The van der Waals surface area contributed by atoms with E-state index in [9.17, 15) is 0 Å². The molecular formula is C17H32N2. The normalized spacial score (nSPS) is 39.0. The molecule has 3 aliphatic rings. The average molecular weight is 264 g/mol. The summed E-state index contributed by atoms with van der Waals surface area (Å²) < 4.78 is 0. The van der Waals surface area contributed by atoms with Gasteiger partial charge < -0.3 is 5.32 Å². The molecule has 0 aromatic rings. The van der Waals surface area contributed by atoms with Gasteiger partial charge in [-0.3, -0.25) is 4.90 Å². The van der Waals surface area contributed by atoms with Gasteiger partial charge in [0.2, 0.25) is 0 Å². The number of rotatable bonds is 5. The third-order valence-corrected chi connectivity index (χ3v) is 6.21. The number of hydrogen-bond donors (Lipinski definition) is 1. The minimum atomic E-state index is 0.410. The third-order valence-electron chi connectivity index (χ3n) is 6.21. The van der Waals surface area contributed by atoms with Crippen molar-refractivity contribution in [3.05, 3.63) is 0 Å². The van der Waals surface area contributed by atoms with E-state index in [1.807, 2.05) is 0 Å². The molecule has 1 N–H and O–H groups in total. The highest BCUT2D eigenvalue weighted by molar-refractivity contribution is 5.05. The Labute approximate surface area is 119 Å². The van der Waals surface area contributed by atoms with Crippen LogP contribution >= 0.6 is 0 Å². The fourth-order valence-electron chi connectivity index (χ4n) is 4.10. The van der Waals surface area contributed by atoms with E-state index in [1.54, 1.807) is 0 Å². The molecule has 3 unspecified atom stereocenters. The van der Waals surface area contributed by atoms with Crippen molar-refractivity contribution in [1.29, 1.82) is 0 Å². The van der Waals surface area contributed by atoms with E-state index >= 15 is 0 Å². The molecule has 2 nitrogen and oxygen atoms in total. The summed E-state index contributed by atoms with van der Waals surface area (Å²) in [4.78, 5) is 2.87. The molecule has 2 saturated carbocycles. The SMILES string of the molecule is CCC(C)C1CNC(C)(C2CC2)CN1CC1CCC1. The van der Waals surface area contributed by atoms with Crippen molar-refractivity contribution in [2.45, 2.75) is 70.9 Å². The maximum Gasteiger partial charge on any atom is 0.0309 e. The van der Waals surface area contributed by atoms with Crippen LogP contribution in [0.2, 0.25) is 0 Å². The van der Waals surface area contributed by atoms with Crippen LogP contribution in [-0.2, 0) is 0 Å². The summed E-state index contributed by atoms with van der Waals surface area (Å²) in [7, 11) is 0. The highest BCUT2D eigenvalue weighted by Gasteiger charge is 2.47. The van der Waals surface area contributed by atoms with E-state index in [2.05, 4.69) is 31.0 Å². The smallest absolute Gasteiger partial charge is 0.0309 e. The Balaban J connectivity index is 1.66. The Hall–Kier alpha value is -0.0800. The predicted molar refractivity (Wildman–Crippen MR) is 81.3 cm³/mol. The lowest BCUT2D eigenvalue weighted by Gasteiger charge is -2.50. The number of hydrogen-bond acceptors (Lipinski definition) is 2.